The summed E-state index contributed by atoms with van der Waals surface area (Å²) in [7, 11) is 1.52. The maximum absolute atomic E-state index is 13.2. The standard InChI is InChI=1S/C23H23N7O5/c1-34-18-11-14(4-6-25-18)30-7-5-17(28-30)29-8-9-35-20(23(29)33)19(31)21-26-16-3-2-13(12-24)10-15(16)22(32)27-21/h2-7,10-11,19-20,31H,8-9,12,24H2,1H3,(H,26,27,32)/t19?,20-/m1/s1. The minimum absolute atomic E-state index is 0.0578. The highest BCUT2D eigenvalue weighted by Gasteiger charge is 2.38. The number of ether oxygens (including phenoxy) is 2. The number of benzene rings is 1. The number of rotatable bonds is 6. The van der Waals surface area contributed by atoms with Crippen LogP contribution in [0.25, 0.3) is 16.6 Å². The second-order valence-corrected chi connectivity index (χ2v) is 7.91. The van der Waals surface area contributed by atoms with Crippen LogP contribution in [-0.4, -0.2) is 62.1 Å². The van der Waals surface area contributed by atoms with Gasteiger partial charge in [-0.2, -0.15) is 0 Å². The molecule has 4 heterocycles. The zero-order valence-corrected chi connectivity index (χ0v) is 18.8. The predicted octanol–water partition coefficient (Wildman–Crippen LogP) is 0.437. The first-order chi connectivity index (χ1) is 17.0. The number of aliphatic hydroxyl groups excluding tert-OH is 1. The number of amides is 1. The number of nitrogens with one attached hydrogen (secondary N) is 1. The largest absolute Gasteiger partial charge is 0.481 e. The summed E-state index contributed by atoms with van der Waals surface area (Å²) >= 11 is 0. The van der Waals surface area contributed by atoms with E-state index in [0.29, 0.717) is 28.3 Å². The zero-order valence-electron chi connectivity index (χ0n) is 18.8. The Hall–Kier alpha value is -4.13. The number of anilines is 1. The number of fused-ring (bicyclic) bond motifs is 1. The second kappa shape index (κ2) is 9.25. The van der Waals surface area contributed by atoms with Crippen molar-refractivity contribution in [1.29, 1.82) is 0 Å². The third kappa shape index (κ3) is 4.25. The number of nitrogens with two attached hydrogens (primary N) is 1. The Labute approximate surface area is 198 Å². The Morgan fingerprint density at radius 2 is 2.14 bits per heavy atom. The molecule has 0 bridgehead atoms. The Bertz CT molecular complexity index is 1450. The molecule has 4 N–H and O–H groups in total. The molecule has 180 valence electrons. The summed E-state index contributed by atoms with van der Waals surface area (Å²) in [5.74, 6) is 0.266. The van der Waals surface area contributed by atoms with E-state index in [-0.39, 0.29) is 25.5 Å². The molecule has 0 radical (unpaired) electrons. The number of H-pyrrole nitrogens is 1. The molecule has 1 aromatic carbocycles. The fourth-order valence-electron chi connectivity index (χ4n) is 3.93. The molecule has 12 heteroatoms. The Balaban J connectivity index is 1.40. The van der Waals surface area contributed by atoms with E-state index in [1.165, 1.54) is 12.0 Å². The molecule has 35 heavy (non-hydrogen) atoms. The average Bonchev–Trinajstić information content (AvgIpc) is 3.38. The van der Waals surface area contributed by atoms with Crippen molar-refractivity contribution in [3.63, 3.8) is 0 Å². The van der Waals surface area contributed by atoms with Crippen LogP contribution < -0.4 is 20.9 Å². The molecule has 0 spiro atoms. The van der Waals surface area contributed by atoms with Gasteiger partial charge in [0.1, 0.15) is 11.9 Å². The smallest absolute Gasteiger partial charge is 0.260 e. The van der Waals surface area contributed by atoms with Gasteiger partial charge in [-0.25, -0.2) is 14.6 Å². The minimum Gasteiger partial charge on any atom is -0.481 e. The number of aliphatic hydroxyl groups is 1. The number of carbonyl (C=O) groups is 1. The van der Waals surface area contributed by atoms with E-state index in [2.05, 4.69) is 20.1 Å². The van der Waals surface area contributed by atoms with Gasteiger partial charge in [-0.3, -0.25) is 14.5 Å². The van der Waals surface area contributed by atoms with Crippen LogP contribution in [0.3, 0.4) is 0 Å². The minimum atomic E-state index is -1.48. The fraction of sp³-hybridized carbons (Fsp3) is 0.261. The lowest BCUT2D eigenvalue weighted by atomic mass is 10.1. The van der Waals surface area contributed by atoms with E-state index >= 15 is 0 Å². The third-order valence-corrected chi connectivity index (χ3v) is 5.76. The van der Waals surface area contributed by atoms with E-state index in [0.717, 1.165) is 5.56 Å². The van der Waals surface area contributed by atoms with E-state index in [4.69, 9.17) is 15.2 Å². The molecule has 12 nitrogen and oxygen atoms in total. The molecule has 1 unspecified atom stereocenters. The van der Waals surface area contributed by atoms with Gasteiger partial charge in [0.2, 0.25) is 5.88 Å². The van der Waals surface area contributed by atoms with Gasteiger partial charge in [0.15, 0.2) is 11.9 Å². The van der Waals surface area contributed by atoms with Crippen LogP contribution in [0.5, 0.6) is 5.88 Å². The lowest BCUT2D eigenvalue weighted by Crippen LogP contribution is -2.50. The summed E-state index contributed by atoms with van der Waals surface area (Å²) in [6.07, 6.45) is 0.550. The summed E-state index contributed by atoms with van der Waals surface area (Å²) in [5.41, 5.74) is 7.07. The SMILES string of the molecule is COc1cc(-n2ccc(N3CCO[C@H](C(O)c4nc5ccc(CN)cc5c(=O)[nH]4)C3=O)n2)ccn1. The Morgan fingerprint density at radius 1 is 1.29 bits per heavy atom. The van der Waals surface area contributed by atoms with Gasteiger partial charge in [0.25, 0.3) is 11.5 Å². The highest BCUT2D eigenvalue weighted by atomic mass is 16.5. The number of hydrogen-bond donors (Lipinski definition) is 3. The van der Waals surface area contributed by atoms with Gasteiger partial charge in [-0.15, -0.1) is 5.10 Å². The van der Waals surface area contributed by atoms with Gasteiger partial charge >= 0.3 is 0 Å². The number of methoxy groups -OCH3 is 1. The first-order valence-corrected chi connectivity index (χ1v) is 10.9. The summed E-state index contributed by atoms with van der Waals surface area (Å²) in [6.45, 7) is 0.702. The topological polar surface area (TPSA) is 161 Å². The molecule has 1 amide bonds. The number of aromatic nitrogens is 5. The summed E-state index contributed by atoms with van der Waals surface area (Å²) < 4.78 is 12.3. The first kappa shape index (κ1) is 22.7. The number of nitrogens with zero attached hydrogens (tertiary/aromatic N) is 5. The van der Waals surface area contributed by atoms with Crippen LogP contribution in [0, 0.1) is 0 Å². The molecule has 5 rings (SSSR count). The molecular formula is C23H23N7O5. The number of pyridine rings is 1. The second-order valence-electron chi connectivity index (χ2n) is 7.91. The number of aromatic amines is 1. The predicted molar refractivity (Wildman–Crippen MR) is 125 cm³/mol. The van der Waals surface area contributed by atoms with Crippen molar-refractivity contribution in [3.05, 3.63) is 70.5 Å². The maximum atomic E-state index is 13.2. The molecule has 1 aliphatic heterocycles. The summed E-state index contributed by atoms with van der Waals surface area (Å²) in [4.78, 5) is 38.3. The molecule has 4 aromatic rings. The van der Waals surface area contributed by atoms with Gasteiger partial charge in [-0.1, -0.05) is 6.07 Å². The number of morpholine rings is 1. The summed E-state index contributed by atoms with van der Waals surface area (Å²) in [5, 5.41) is 15.8. The number of carbonyl (C=O) groups excluding carboxylic acids is 1. The van der Waals surface area contributed by atoms with Crippen molar-refractivity contribution in [2.24, 2.45) is 5.73 Å². The monoisotopic (exact) mass is 477 g/mol. The Kier molecular flexibility index (Phi) is 5.99. The van der Waals surface area contributed by atoms with Gasteiger partial charge in [0, 0.05) is 31.1 Å². The van der Waals surface area contributed by atoms with Crippen LogP contribution in [0.2, 0.25) is 0 Å². The molecule has 1 saturated heterocycles. The van der Waals surface area contributed by atoms with Crippen LogP contribution in [0.1, 0.15) is 17.5 Å². The van der Waals surface area contributed by atoms with E-state index < -0.39 is 23.7 Å². The third-order valence-electron chi connectivity index (χ3n) is 5.76. The Morgan fingerprint density at radius 3 is 2.94 bits per heavy atom. The van der Waals surface area contributed by atoms with Crippen molar-refractivity contribution in [2.75, 3.05) is 25.2 Å². The quantitative estimate of drug-likeness (QED) is 0.358. The van der Waals surface area contributed by atoms with Gasteiger partial charge in [-0.05, 0) is 23.8 Å². The van der Waals surface area contributed by atoms with Crippen LogP contribution in [-0.2, 0) is 16.1 Å². The van der Waals surface area contributed by atoms with Crippen LogP contribution >= 0.6 is 0 Å². The molecule has 1 aliphatic rings. The zero-order chi connectivity index (χ0) is 24.5. The van der Waals surface area contributed by atoms with Crippen LogP contribution in [0.15, 0.2) is 53.6 Å². The first-order valence-electron chi connectivity index (χ1n) is 10.9. The lowest BCUT2D eigenvalue weighted by molar-refractivity contribution is -0.143. The van der Waals surface area contributed by atoms with Crippen molar-refractivity contribution in [3.8, 4) is 11.6 Å². The van der Waals surface area contributed by atoms with Crippen molar-refractivity contribution in [2.45, 2.75) is 18.8 Å². The normalized spacial score (nSPS) is 17.1. The van der Waals surface area contributed by atoms with E-state index in [1.807, 2.05) is 0 Å². The highest BCUT2D eigenvalue weighted by Crippen LogP contribution is 2.25. The van der Waals surface area contributed by atoms with Gasteiger partial charge in [0.05, 0.1) is 36.9 Å². The number of hydrogen-bond acceptors (Lipinski definition) is 9. The molecule has 3 aromatic heterocycles. The fourth-order valence-corrected chi connectivity index (χ4v) is 3.93. The van der Waals surface area contributed by atoms with Gasteiger partial charge < -0.3 is 25.3 Å². The molecule has 0 aliphatic carbocycles. The van der Waals surface area contributed by atoms with E-state index in [1.54, 1.807) is 53.5 Å². The maximum Gasteiger partial charge on any atom is 0.260 e. The summed E-state index contributed by atoms with van der Waals surface area (Å²) in [6, 6.07) is 10.2. The molecule has 0 saturated carbocycles. The molecule has 1 fully saturated rings. The molecular weight excluding hydrogens is 454 g/mol. The van der Waals surface area contributed by atoms with E-state index in [9.17, 15) is 14.7 Å². The van der Waals surface area contributed by atoms with Crippen molar-refractivity contribution in [1.82, 2.24) is 24.7 Å². The van der Waals surface area contributed by atoms with Crippen molar-refractivity contribution >= 4 is 22.6 Å². The highest BCUT2D eigenvalue weighted by molar-refractivity contribution is 5.96. The van der Waals surface area contributed by atoms with Crippen molar-refractivity contribution < 1.29 is 19.4 Å². The average molecular weight is 477 g/mol. The van der Waals surface area contributed by atoms with Crippen LogP contribution in [0.4, 0.5) is 5.82 Å². The lowest BCUT2D eigenvalue weighted by Gasteiger charge is -2.32. The molecule has 2 atom stereocenters.